The van der Waals surface area contributed by atoms with E-state index < -0.39 is 8.80 Å². The summed E-state index contributed by atoms with van der Waals surface area (Å²) in [4.78, 5) is 0. The zero-order valence-electron chi connectivity index (χ0n) is 23.7. The van der Waals surface area contributed by atoms with Crippen LogP contribution in [0, 0.1) is 0 Å². The minimum Gasteiger partial charge on any atom is -0.374 e. The van der Waals surface area contributed by atoms with Gasteiger partial charge in [0, 0.05) is 32.3 Å². The topological polar surface area (TPSA) is 27.7 Å². The van der Waals surface area contributed by atoms with Gasteiger partial charge in [-0.05, 0) is 40.5 Å². The van der Waals surface area contributed by atoms with E-state index in [4.69, 9.17) is 13.3 Å². The Morgan fingerprint density at radius 1 is 0.485 bits per heavy atom. The van der Waals surface area contributed by atoms with Crippen molar-refractivity contribution >= 4 is 8.80 Å². The van der Waals surface area contributed by atoms with E-state index in [1.54, 1.807) is 0 Å². The molecule has 0 N–H and O–H groups in total. The molecular formula is C28H62NO3Si+. The molecule has 0 fully saturated rings. The van der Waals surface area contributed by atoms with Crippen LogP contribution in [0.25, 0.3) is 0 Å². The summed E-state index contributed by atoms with van der Waals surface area (Å²) in [6.45, 7) is 16.5. The van der Waals surface area contributed by atoms with Gasteiger partial charge in [0.05, 0.1) is 26.7 Å². The lowest BCUT2D eigenvalue weighted by Crippen LogP contribution is -2.49. The lowest BCUT2D eigenvalue weighted by Gasteiger charge is -2.35. The predicted octanol–water partition coefficient (Wildman–Crippen LogP) is 8.37. The van der Waals surface area contributed by atoms with Crippen molar-refractivity contribution in [2.45, 2.75) is 137 Å². The molecule has 0 aliphatic heterocycles. The van der Waals surface area contributed by atoms with Crippen LogP contribution in [0.5, 0.6) is 0 Å². The van der Waals surface area contributed by atoms with Gasteiger partial charge in [0.1, 0.15) is 0 Å². The van der Waals surface area contributed by atoms with E-state index in [1.807, 2.05) is 20.8 Å². The number of unbranched alkanes of at least 4 members (excludes halogenated alkanes) is 13. The van der Waals surface area contributed by atoms with Crippen molar-refractivity contribution in [3.8, 4) is 0 Å². The molecule has 33 heavy (non-hydrogen) atoms. The number of hydrogen-bond donors (Lipinski definition) is 0. The molecule has 0 bridgehead atoms. The first-order valence-electron chi connectivity index (χ1n) is 14.8. The average Bonchev–Trinajstić information content (AvgIpc) is 2.80. The first kappa shape index (κ1) is 33.1. The summed E-state index contributed by atoms with van der Waals surface area (Å²) >= 11 is 0. The summed E-state index contributed by atoms with van der Waals surface area (Å²) in [6.07, 6.45) is 21.1. The van der Waals surface area contributed by atoms with Crippen LogP contribution in [0.1, 0.15) is 131 Å². The minimum atomic E-state index is -2.49. The van der Waals surface area contributed by atoms with Gasteiger partial charge in [0.25, 0.3) is 0 Å². The largest absolute Gasteiger partial charge is 0.501 e. The fourth-order valence-corrected chi connectivity index (χ4v) is 7.39. The first-order valence-corrected chi connectivity index (χ1v) is 16.7. The summed E-state index contributed by atoms with van der Waals surface area (Å²) in [5.74, 6) is 0. The average molecular weight is 489 g/mol. The Labute approximate surface area is 210 Å². The van der Waals surface area contributed by atoms with Crippen LogP contribution >= 0.6 is 0 Å². The van der Waals surface area contributed by atoms with E-state index in [0.29, 0.717) is 19.8 Å². The van der Waals surface area contributed by atoms with Crippen LogP contribution in [0.3, 0.4) is 0 Å². The highest BCUT2D eigenvalue weighted by atomic mass is 28.4. The maximum absolute atomic E-state index is 6.03. The summed E-state index contributed by atoms with van der Waals surface area (Å²) < 4.78 is 19.3. The normalized spacial score (nSPS) is 14.0. The number of rotatable bonds is 26. The Kier molecular flexibility index (Phi) is 22.6. The van der Waals surface area contributed by atoms with E-state index in [-0.39, 0.29) is 0 Å². The van der Waals surface area contributed by atoms with Gasteiger partial charge in [0.15, 0.2) is 0 Å². The lowest BCUT2D eigenvalue weighted by atomic mass is 10.0. The van der Waals surface area contributed by atoms with Gasteiger partial charge >= 0.3 is 8.80 Å². The Hall–Kier alpha value is 0.0569. The van der Waals surface area contributed by atoms with Crippen molar-refractivity contribution in [1.82, 2.24) is 0 Å². The standard InChI is InChI=1S/C28H62NO3Si/c1-7-12-13-14-15-16-17-18-19-20-21-22-23-24-26-29(6,8-2)27-25-28-33(30-9-3,31-10-4)32-11-5/h7-28H2,1-6H3/q+1. The Bertz CT molecular complexity index is 394. The molecule has 0 aromatic heterocycles. The summed E-state index contributed by atoms with van der Waals surface area (Å²) in [6, 6.07) is 0.940. The molecule has 0 aromatic carbocycles. The molecule has 0 spiro atoms. The molecule has 1 unspecified atom stereocenters. The Morgan fingerprint density at radius 3 is 1.21 bits per heavy atom. The van der Waals surface area contributed by atoms with Crippen molar-refractivity contribution < 1.29 is 17.8 Å². The lowest BCUT2D eigenvalue weighted by molar-refractivity contribution is -0.908. The van der Waals surface area contributed by atoms with Crippen LogP contribution in [0.15, 0.2) is 0 Å². The fraction of sp³-hybridized carbons (Fsp3) is 1.00. The molecule has 0 rings (SSSR count). The molecular weight excluding hydrogens is 426 g/mol. The van der Waals surface area contributed by atoms with Crippen molar-refractivity contribution in [1.29, 1.82) is 0 Å². The van der Waals surface area contributed by atoms with Crippen LogP contribution in [-0.2, 0) is 13.3 Å². The molecule has 0 radical (unpaired) electrons. The van der Waals surface area contributed by atoms with Gasteiger partial charge in [-0.3, -0.25) is 0 Å². The summed E-state index contributed by atoms with van der Waals surface area (Å²) in [5, 5.41) is 0. The molecule has 0 saturated carbocycles. The third-order valence-electron chi connectivity index (χ3n) is 7.09. The van der Waals surface area contributed by atoms with E-state index in [1.165, 1.54) is 110 Å². The second-order valence-electron chi connectivity index (χ2n) is 10.1. The zero-order chi connectivity index (χ0) is 24.7. The number of quaternary nitrogens is 1. The van der Waals surface area contributed by atoms with E-state index in [9.17, 15) is 0 Å². The molecule has 0 heterocycles. The highest BCUT2D eigenvalue weighted by Gasteiger charge is 2.40. The van der Waals surface area contributed by atoms with Crippen molar-refractivity contribution in [2.75, 3.05) is 46.5 Å². The highest BCUT2D eigenvalue weighted by molar-refractivity contribution is 6.60. The molecule has 0 aromatic rings. The SMILES string of the molecule is CCCCCCCCCCCCCCCC[N+](C)(CC)CCC[Si](OCC)(OCC)OCC. The van der Waals surface area contributed by atoms with Crippen molar-refractivity contribution in [3.05, 3.63) is 0 Å². The minimum absolute atomic E-state index is 0.672. The third-order valence-corrected chi connectivity index (χ3v) is 10.2. The van der Waals surface area contributed by atoms with Crippen LogP contribution in [-0.4, -0.2) is 59.8 Å². The molecule has 1 atom stereocenters. The summed E-state index contributed by atoms with van der Waals surface area (Å²) in [5.41, 5.74) is 0. The van der Waals surface area contributed by atoms with Gasteiger partial charge in [-0.15, -0.1) is 0 Å². The van der Waals surface area contributed by atoms with Crippen LogP contribution in [0.2, 0.25) is 6.04 Å². The molecule has 0 aliphatic carbocycles. The quantitative estimate of drug-likeness (QED) is 0.0695. The van der Waals surface area contributed by atoms with E-state index >= 15 is 0 Å². The van der Waals surface area contributed by atoms with E-state index in [2.05, 4.69) is 20.9 Å². The second-order valence-corrected chi connectivity index (χ2v) is 12.8. The molecule has 0 amide bonds. The molecule has 4 nitrogen and oxygen atoms in total. The molecule has 0 aliphatic rings. The smallest absolute Gasteiger partial charge is 0.374 e. The van der Waals surface area contributed by atoms with Gasteiger partial charge in [-0.25, -0.2) is 0 Å². The maximum Gasteiger partial charge on any atom is 0.501 e. The Balaban J connectivity index is 3.90. The van der Waals surface area contributed by atoms with Crippen molar-refractivity contribution in [2.24, 2.45) is 0 Å². The number of hydrogen-bond acceptors (Lipinski definition) is 3. The Morgan fingerprint density at radius 2 is 0.848 bits per heavy atom. The predicted molar refractivity (Wildman–Crippen MR) is 147 cm³/mol. The van der Waals surface area contributed by atoms with Crippen molar-refractivity contribution in [3.63, 3.8) is 0 Å². The second kappa shape index (κ2) is 22.5. The maximum atomic E-state index is 6.03. The fourth-order valence-electron chi connectivity index (χ4n) is 4.79. The number of nitrogens with zero attached hydrogens (tertiary/aromatic N) is 1. The zero-order valence-corrected chi connectivity index (χ0v) is 24.7. The first-order chi connectivity index (χ1) is 16.0. The van der Waals surface area contributed by atoms with Crippen LogP contribution in [0.4, 0.5) is 0 Å². The highest BCUT2D eigenvalue weighted by Crippen LogP contribution is 2.20. The monoisotopic (exact) mass is 488 g/mol. The third kappa shape index (κ3) is 18.0. The van der Waals surface area contributed by atoms with Gasteiger partial charge in [-0.1, -0.05) is 84.0 Å². The van der Waals surface area contributed by atoms with Gasteiger partial charge in [-0.2, -0.15) is 0 Å². The van der Waals surface area contributed by atoms with E-state index in [0.717, 1.165) is 16.9 Å². The van der Waals surface area contributed by atoms with Gasteiger partial charge in [0.2, 0.25) is 0 Å². The van der Waals surface area contributed by atoms with Crippen LogP contribution < -0.4 is 0 Å². The molecule has 0 saturated heterocycles. The molecule has 200 valence electrons. The van der Waals surface area contributed by atoms with Gasteiger partial charge < -0.3 is 17.8 Å². The summed E-state index contributed by atoms with van der Waals surface area (Å²) in [7, 11) is -0.0674. The molecule has 5 heteroatoms.